The van der Waals surface area contributed by atoms with Crippen molar-refractivity contribution < 1.29 is 14.6 Å². The second-order valence-corrected chi connectivity index (χ2v) is 10.3. The number of benzene rings is 2. The molecule has 5 nitrogen and oxygen atoms in total. The van der Waals surface area contributed by atoms with Crippen LogP contribution in [0.15, 0.2) is 48.5 Å². The van der Waals surface area contributed by atoms with Crippen molar-refractivity contribution in [3.63, 3.8) is 0 Å². The average molecular weight is 481 g/mol. The number of nitrogens with zero attached hydrogens (tertiary/aromatic N) is 1. The first-order valence-electron chi connectivity index (χ1n) is 13.2. The maximum Gasteiger partial charge on any atom is 0.222 e. The van der Waals surface area contributed by atoms with Gasteiger partial charge in [0.25, 0.3) is 0 Å². The number of rotatable bonds is 12. The van der Waals surface area contributed by atoms with Crippen LogP contribution in [0.1, 0.15) is 56.6 Å². The van der Waals surface area contributed by atoms with Crippen molar-refractivity contribution in [3.05, 3.63) is 59.7 Å². The molecule has 0 radical (unpaired) electrons. The van der Waals surface area contributed by atoms with Crippen LogP contribution in [0.4, 0.5) is 0 Å². The van der Waals surface area contributed by atoms with Gasteiger partial charge in [-0.3, -0.25) is 4.79 Å². The third kappa shape index (κ3) is 7.16. The number of amides is 1. The highest BCUT2D eigenvalue weighted by molar-refractivity contribution is 5.76. The van der Waals surface area contributed by atoms with E-state index in [0.29, 0.717) is 31.9 Å². The van der Waals surface area contributed by atoms with E-state index in [-0.39, 0.29) is 11.8 Å². The van der Waals surface area contributed by atoms with Crippen LogP contribution < -0.4 is 5.32 Å². The molecule has 1 saturated heterocycles. The quantitative estimate of drug-likeness (QED) is 0.413. The van der Waals surface area contributed by atoms with Crippen molar-refractivity contribution in [3.8, 4) is 11.1 Å². The molecule has 3 atom stereocenters. The van der Waals surface area contributed by atoms with E-state index in [1.165, 1.54) is 5.56 Å². The number of hydrogen-bond donors (Lipinski definition) is 2. The number of carbonyl (C=O) groups excluding carboxylic acids is 1. The second-order valence-electron chi connectivity index (χ2n) is 10.3. The van der Waals surface area contributed by atoms with Crippen LogP contribution in [0.25, 0.3) is 11.1 Å². The van der Waals surface area contributed by atoms with E-state index in [2.05, 4.69) is 55.6 Å². The Morgan fingerprint density at radius 3 is 2.77 bits per heavy atom. The van der Waals surface area contributed by atoms with Gasteiger partial charge in [-0.2, -0.15) is 0 Å². The predicted octanol–water partition coefficient (Wildman–Crippen LogP) is 5.15. The summed E-state index contributed by atoms with van der Waals surface area (Å²) in [6, 6.07) is 16.8. The summed E-state index contributed by atoms with van der Waals surface area (Å²) in [5.41, 5.74) is 3.37. The van der Waals surface area contributed by atoms with Crippen molar-refractivity contribution in [2.45, 2.75) is 58.0 Å². The Bertz CT molecular complexity index is 947. The lowest BCUT2D eigenvalue weighted by molar-refractivity contribution is -0.137. The molecule has 0 unspecified atom stereocenters. The van der Waals surface area contributed by atoms with E-state index >= 15 is 0 Å². The highest BCUT2D eigenvalue weighted by Gasteiger charge is 2.42. The fourth-order valence-corrected chi connectivity index (χ4v) is 5.57. The summed E-state index contributed by atoms with van der Waals surface area (Å²) in [7, 11) is 3.65. The third-order valence-corrected chi connectivity index (χ3v) is 7.40. The van der Waals surface area contributed by atoms with Gasteiger partial charge in [0.1, 0.15) is 0 Å². The molecule has 0 spiro atoms. The zero-order valence-corrected chi connectivity index (χ0v) is 22.1. The predicted molar refractivity (Wildman–Crippen MR) is 143 cm³/mol. The standard InChI is InChI=1S/C30H44N2O3/c1-23-11-9-12-25(19-23)27-14-5-6-15-28(27)30(34,16-7-8-18-35-4)26-13-10-17-32(22-26)29(33)20-24(2)21-31-3/h5-6,9,11-12,14-15,19,24,26,31,34H,7-8,10,13,16-18,20-22H2,1-4H3/t24-,26-,30+/m1/s1. The maximum absolute atomic E-state index is 13.1. The molecule has 0 aliphatic carbocycles. The van der Waals surface area contributed by atoms with Gasteiger partial charge in [-0.15, -0.1) is 0 Å². The highest BCUT2D eigenvalue weighted by atomic mass is 16.5. The number of piperidine rings is 1. The topological polar surface area (TPSA) is 61.8 Å². The number of aliphatic hydroxyl groups is 1. The molecule has 35 heavy (non-hydrogen) atoms. The van der Waals surface area contributed by atoms with Gasteiger partial charge < -0.3 is 20.1 Å². The number of ether oxygens (including phenoxy) is 1. The van der Waals surface area contributed by atoms with Gasteiger partial charge in [0.05, 0.1) is 5.60 Å². The molecule has 2 N–H and O–H groups in total. The van der Waals surface area contributed by atoms with E-state index < -0.39 is 5.60 Å². The molecule has 1 heterocycles. The SMILES string of the molecule is CNC[C@H](C)CC(=O)N1CCC[C@@H]([C@@](O)(CCCCOC)c2ccccc2-c2cccc(C)c2)C1. The molecule has 3 rings (SSSR count). The molecule has 0 aromatic heterocycles. The number of methoxy groups -OCH3 is 1. The summed E-state index contributed by atoms with van der Waals surface area (Å²) < 4.78 is 5.28. The van der Waals surface area contributed by atoms with Crippen LogP contribution in [0, 0.1) is 18.8 Å². The van der Waals surface area contributed by atoms with E-state index in [4.69, 9.17) is 4.74 Å². The summed E-state index contributed by atoms with van der Waals surface area (Å²) >= 11 is 0. The van der Waals surface area contributed by atoms with Gasteiger partial charge in [0.15, 0.2) is 0 Å². The lowest BCUT2D eigenvalue weighted by atomic mass is 9.72. The van der Waals surface area contributed by atoms with Gasteiger partial charge in [0, 0.05) is 39.1 Å². The molecule has 192 valence electrons. The molecule has 0 bridgehead atoms. The number of nitrogens with one attached hydrogen (secondary N) is 1. The molecule has 1 aliphatic heterocycles. The minimum absolute atomic E-state index is 0.00619. The van der Waals surface area contributed by atoms with E-state index in [9.17, 15) is 9.90 Å². The monoisotopic (exact) mass is 480 g/mol. The highest BCUT2D eigenvalue weighted by Crippen LogP contribution is 2.43. The molecule has 1 amide bonds. The molecule has 2 aromatic rings. The molecule has 5 heteroatoms. The summed E-state index contributed by atoms with van der Waals surface area (Å²) in [6.45, 7) is 7.11. The molecular formula is C30H44N2O3. The molecule has 1 fully saturated rings. The van der Waals surface area contributed by atoms with Gasteiger partial charge in [-0.1, -0.05) is 61.0 Å². The van der Waals surface area contributed by atoms with Crippen LogP contribution in [0.3, 0.4) is 0 Å². The van der Waals surface area contributed by atoms with Crippen LogP contribution in [-0.4, -0.2) is 56.3 Å². The van der Waals surface area contributed by atoms with Gasteiger partial charge in [-0.25, -0.2) is 0 Å². The largest absolute Gasteiger partial charge is 0.385 e. The fraction of sp³-hybridized carbons (Fsp3) is 0.567. The van der Waals surface area contributed by atoms with E-state index in [1.54, 1.807) is 7.11 Å². The summed E-state index contributed by atoms with van der Waals surface area (Å²) in [4.78, 5) is 15.1. The Hall–Kier alpha value is -2.21. The second kappa shape index (κ2) is 13.2. The smallest absolute Gasteiger partial charge is 0.222 e. The first-order valence-corrected chi connectivity index (χ1v) is 13.2. The number of hydrogen-bond acceptors (Lipinski definition) is 4. The van der Waals surface area contributed by atoms with Crippen molar-refractivity contribution in [2.24, 2.45) is 11.8 Å². The summed E-state index contributed by atoms with van der Waals surface area (Å²) in [5, 5.41) is 15.7. The maximum atomic E-state index is 13.1. The Balaban J connectivity index is 1.92. The Kier molecular flexibility index (Phi) is 10.3. The zero-order chi connectivity index (χ0) is 25.3. The lowest BCUT2D eigenvalue weighted by Gasteiger charge is -2.44. The van der Waals surface area contributed by atoms with Crippen molar-refractivity contribution in [1.82, 2.24) is 10.2 Å². The Labute approximate surface area is 211 Å². The van der Waals surface area contributed by atoms with Crippen LogP contribution >= 0.6 is 0 Å². The summed E-state index contributed by atoms with van der Waals surface area (Å²) in [6.07, 6.45) is 4.81. The number of carbonyl (C=O) groups is 1. The van der Waals surface area contributed by atoms with Crippen LogP contribution in [0.2, 0.25) is 0 Å². The number of likely N-dealkylation sites (tertiary alicyclic amines) is 1. The van der Waals surface area contributed by atoms with E-state index in [0.717, 1.165) is 55.5 Å². The first kappa shape index (κ1) is 27.4. The van der Waals surface area contributed by atoms with Crippen molar-refractivity contribution in [2.75, 3.05) is 40.4 Å². The minimum Gasteiger partial charge on any atom is -0.385 e. The molecule has 1 aliphatic rings. The fourth-order valence-electron chi connectivity index (χ4n) is 5.57. The van der Waals surface area contributed by atoms with Crippen LogP contribution in [-0.2, 0) is 15.1 Å². The van der Waals surface area contributed by atoms with Crippen molar-refractivity contribution in [1.29, 1.82) is 0 Å². The van der Waals surface area contributed by atoms with Crippen molar-refractivity contribution >= 4 is 5.91 Å². The number of unbranched alkanes of at least 4 members (excludes halogenated alkanes) is 1. The van der Waals surface area contributed by atoms with Crippen LogP contribution in [0.5, 0.6) is 0 Å². The molecular weight excluding hydrogens is 436 g/mol. The third-order valence-electron chi connectivity index (χ3n) is 7.40. The Morgan fingerprint density at radius 1 is 1.23 bits per heavy atom. The summed E-state index contributed by atoms with van der Waals surface area (Å²) in [5.74, 6) is 0.488. The van der Waals surface area contributed by atoms with E-state index in [1.807, 2.05) is 24.1 Å². The Morgan fingerprint density at radius 2 is 2.03 bits per heavy atom. The normalized spacial score (nSPS) is 18.8. The lowest BCUT2D eigenvalue weighted by Crippen LogP contribution is -2.48. The zero-order valence-electron chi connectivity index (χ0n) is 22.1. The first-order chi connectivity index (χ1) is 16.9. The molecule has 2 aromatic carbocycles. The van der Waals surface area contributed by atoms with Gasteiger partial charge in [-0.05, 0) is 75.2 Å². The van der Waals surface area contributed by atoms with Gasteiger partial charge >= 0.3 is 0 Å². The number of aryl methyl sites for hydroxylation is 1. The minimum atomic E-state index is -1.01. The van der Waals surface area contributed by atoms with Gasteiger partial charge in [0.2, 0.25) is 5.91 Å². The average Bonchev–Trinajstić information content (AvgIpc) is 2.86. The molecule has 0 saturated carbocycles.